The van der Waals surface area contributed by atoms with Gasteiger partial charge in [0.25, 0.3) is 0 Å². The first-order valence-electron chi connectivity index (χ1n) is 4.57. The van der Waals surface area contributed by atoms with E-state index in [1.807, 2.05) is 6.07 Å². The lowest BCUT2D eigenvalue weighted by molar-refractivity contribution is 0.464. The summed E-state index contributed by atoms with van der Waals surface area (Å²) >= 11 is 11.7. The highest BCUT2D eigenvalue weighted by Crippen LogP contribution is 2.37. The van der Waals surface area contributed by atoms with Crippen molar-refractivity contribution in [2.24, 2.45) is 0 Å². The maximum absolute atomic E-state index is 9.52. The summed E-state index contributed by atoms with van der Waals surface area (Å²) < 4.78 is 0. The van der Waals surface area contributed by atoms with Crippen LogP contribution in [0.25, 0.3) is 0 Å². The molecular formula is C11H14Cl2O. The molecule has 0 spiro atoms. The topological polar surface area (TPSA) is 20.2 Å². The smallest absolute Gasteiger partial charge is 0.135 e. The fraction of sp³-hybridized carbons (Fsp3) is 0.455. The van der Waals surface area contributed by atoms with Gasteiger partial charge in [-0.1, -0.05) is 44.0 Å². The summed E-state index contributed by atoms with van der Waals surface area (Å²) in [5.74, 6) is 0.0516. The molecule has 1 aromatic carbocycles. The molecule has 0 aliphatic carbocycles. The minimum absolute atomic E-state index is 0.00566. The molecule has 0 amide bonds. The molecule has 0 aromatic heterocycles. The van der Waals surface area contributed by atoms with Crippen molar-refractivity contribution in [1.82, 2.24) is 0 Å². The van der Waals surface area contributed by atoms with Crippen molar-refractivity contribution in [1.29, 1.82) is 0 Å². The third-order valence-electron chi connectivity index (χ3n) is 2.67. The fourth-order valence-electron chi connectivity index (χ4n) is 1.17. The zero-order chi connectivity index (χ0) is 10.9. The summed E-state index contributed by atoms with van der Waals surface area (Å²) in [5.41, 5.74) is 1.01. The van der Waals surface area contributed by atoms with Gasteiger partial charge >= 0.3 is 0 Å². The molecule has 3 heteroatoms. The number of hydrogen-bond acceptors (Lipinski definition) is 1. The summed E-state index contributed by atoms with van der Waals surface area (Å²) in [6, 6.07) is 3.49. The van der Waals surface area contributed by atoms with Crippen LogP contribution < -0.4 is 0 Å². The van der Waals surface area contributed by atoms with Gasteiger partial charge in [-0.05, 0) is 29.5 Å². The lowest BCUT2D eigenvalue weighted by atomic mass is 9.82. The largest absolute Gasteiger partial charge is 0.506 e. The molecule has 0 saturated carbocycles. The predicted molar refractivity (Wildman–Crippen MR) is 61.4 cm³/mol. The summed E-state index contributed by atoms with van der Waals surface area (Å²) in [6.07, 6.45) is 0.977. The predicted octanol–water partition coefficient (Wildman–Crippen LogP) is 4.39. The molecular weight excluding hydrogens is 219 g/mol. The van der Waals surface area contributed by atoms with Crippen molar-refractivity contribution >= 4 is 23.2 Å². The number of phenolic OH excluding ortho intramolecular Hbond substituents is 1. The fourth-order valence-corrected chi connectivity index (χ4v) is 1.49. The first kappa shape index (κ1) is 11.7. The van der Waals surface area contributed by atoms with Crippen LogP contribution >= 0.6 is 23.2 Å². The van der Waals surface area contributed by atoms with Gasteiger partial charge in [-0.15, -0.1) is 0 Å². The summed E-state index contributed by atoms with van der Waals surface area (Å²) in [6.45, 7) is 6.30. The van der Waals surface area contributed by atoms with Crippen LogP contribution in [0.3, 0.4) is 0 Å². The SMILES string of the molecule is CCC(C)(C)c1cc(O)c(Cl)c(Cl)c1. The normalized spacial score (nSPS) is 11.8. The summed E-state index contributed by atoms with van der Waals surface area (Å²) in [4.78, 5) is 0. The Morgan fingerprint density at radius 1 is 1.29 bits per heavy atom. The molecule has 0 radical (unpaired) electrons. The Hall–Kier alpha value is -0.400. The maximum atomic E-state index is 9.52. The molecule has 1 rings (SSSR count). The van der Waals surface area contributed by atoms with E-state index in [4.69, 9.17) is 23.2 Å². The Labute approximate surface area is 94.7 Å². The monoisotopic (exact) mass is 232 g/mol. The molecule has 0 heterocycles. The molecule has 0 aliphatic rings. The van der Waals surface area contributed by atoms with Crippen LogP contribution in [0.2, 0.25) is 10.0 Å². The van der Waals surface area contributed by atoms with Gasteiger partial charge < -0.3 is 5.11 Å². The van der Waals surface area contributed by atoms with Crippen molar-refractivity contribution in [3.8, 4) is 5.75 Å². The van der Waals surface area contributed by atoms with E-state index in [1.54, 1.807) is 6.07 Å². The highest BCUT2D eigenvalue weighted by molar-refractivity contribution is 6.42. The zero-order valence-electron chi connectivity index (χ0n) is 8.56. The Bertz CT molecular complexity index is 322. The second-order valence-electron chi connectivity index (χ2n) is 4.03. The van der Waals surface area contributed by atoms with E-state index in [0.29, 0.717) is 5.02 Å². The molecule has 0 unspecified atom stereocenters. The minimum Gasteiger partial charge on any atom is -0.506 e. The summed E-state index contributed by atoms with van der Waals surface area (Å²) in [7, 11) is 0. The average molecular weight is 233 g/mol. The molecule has 14 heavy (non-hydrogen) atoms. The quantitative estimate of drug-likeness (QED) is 0.803. The number of phenols is 1. The van der Waals surface area contributed by atoms with Gasteiger partial charge in [0.1, 0.15) is 10.8 Å². The van der Waals surface area contributed by atoms with Crippen molar-refractivity contribution in [3.05, 3.63) is 27.7 Å². The lowest BCUT2D eigenvalue weighted by Crippen LogP contribution is -2.15. The first-order chi connectivity index (χ1) is 6.38. The van der Waals surface area contributed by atoms with Crippen LogP contribution in [0.4, 0.5) is 0 Å². The standard InChI is InChI=1S/C11H14Cl2O/c1-4-11(2,3)7-5-8(12)10(13)9(14)6-7/h5-6,14H,4H2,1-3H3. The Balaban J connectivity index is 3.26. The molecule has 78 valence electrons. The van der Waals surface area contributed by atoms with Crippen molar-refractivity contribution in [2.45, 2.75) is 32.6 Å². The first-order valence-corrected chi connectivity index (χ1v) is 5.32. The van der Waals surface area contributed by atoms with Gasteiger partial charge in [-0.25, -0.2) is 0 Å². The minimum atomic E-state index is 0.00566. The third-order valence-corrected chi connectivity index (χ3v) is 3.47. The van der Waals surface area contributed by atoms with E-state index in [0.717, 1.165) is 12.0 Å². The van der Waals surface area contributed by atoms with Crippen LogP contribution in [-0.4, -0.2) is 5.11 Å². The lowest BCUT2D eigenvalue weighted by Gasteiger charge is -2.24. The molecule has 0 atom stereocenters. The van der Waals surface area contributed by atoms with Crippen molar-refractivity contribution in [2.75, 3.05) is 0 Å². The molecule has 0 fully saturated rings. The van der Waals surface area contributed by atoms with E-state index in [2.05, 4.69) is 20.8 Å². The van der Waals surface area contributed by atoms with Crippen molar-refractivity contribution in [3.63, 3.8) is 0 Å². The van der Waals surface area contributed by atoms with E-state index >= 15 is 0 Å². The van der Waals surface area contributed by atoms with Gasteiger partial charge in [0.05, 0.1) is 5.02 Å². The molecule has 0 aliphatic heterocycles. The van der Waals surface area contributed by atoms with Crippen LogP contribution in [0, 0.1) is 0 Å². The van der Waals surface area contributed by atoms with E-state index < -0.39 is 0 Å². The van der Waals surface area contributed by atoms with Gasteiger partial charge in [-0.3, -0.25) is 0 Å². The average Bonchev–Trinajstić information content (AvgIpc) is 2.13. The molecule has 1 nitrogen and oxygen atoms in total. The van der Waals surface area contributed by atoms with E-state index in [1.165, 1.54) is 0 Å². The van der Waals surface area contributed by atoms with Crippen LogP contribution in [0.5, 0.6) is 5.75 Å². The van der Waals surface area contributed by atoms with E-state index in [-0.39, 0.29) is 16.2 Å². The van der Waals surface area contributed by atoms with Crippen LogP contribution in [0.15, 0.2) is 12.1 Å². The summed E-state index contributed by atoms with van der Waals surface area (Å²) in [5, 5.41) is 10.2. The Kier molecular flexibility index (Phi) is 3.33. The molecule has 0 saturated heterocycles. The Morgan fingerprint density at radius 2 is 1.86 bits per heavy atom. The van der Waals surface area contributed by atoms with Gasteiger partial charge in [0.2, 0.25) is 0 Å². The highest BCUT2D eigenvalue weighted by atomic mass is 35.5. The molecule has 1 aromatic rings. The van der Waals surface area contributed by atoms with Crippen LogP contribution in [0.1, 0.15) is 32.8 Å². The Morgan fingerprint density at radius 3 is 2.29 bits per heavy atom. The number of aromatic hydroxyl groups is 1. The van der Waals surface area contributed by atoms with Gasteiger partial charge in [-0.2, -0.15) is 0 Å². The number of halogens is 2. The van der Waals surface area contributed by atoms with E-state index in [9.17, 15) is 5.11 Å². The zero-order valence-corrected chi connectivity index (χ0v) is 10.1. The number of benzene rings is 1. The maximum Gasteiger partial charge on any atom is 0.135 e. The van der Waals surface area contributed by atoms with Crippen LogP contribution in [-0.2, 0) is 5.41 Å². The second kappa shape index (κ2) is 4.00. The third kappa shape index (κ3) is 2.15. The van der Waals surface area contributed by atoms with Crippen molar-refractivity contribution < 1.29 is 5.11 Å². The van der Waals surface area contributed by atoms with Gasteiger partial charge in [0, 0.05) is 0 Å². The van der Waals surface area contributed by atoms with Gasteiger partial charge in [0.15, 0.2) is 0 Å². The molecule has 0 bridgehead atoms. The second-order valence-corrected chi connectivity index (χ2v) is 4.81. The number of rotatable bonds is 2. The number of hydrogen-bond donors (Lipinski definition) is 1. The highest BCUT2D eigenvalue weighted by Gasteiger charge is 2.20. The molecule has 1 N–H and O–H groups in total.